The van der Waals surface area contributed by atoms with Gasteiger partial charge in [-0.3, -0.25) is 9.80 Å². The zero-order valence-corrected chi connectivity index (χ0v) is 6.56. The van der Waals surface area contributed by atoms with E-state index >= 15 is 0 Å². The van der Waals surface area contributed by atoms with Gasteiger partial charge in [-0.2, -0.15) is 0 Å². The van der Waals surface area contributed by atoms with E-state index in [1.807, 2.05) is 5.01 Å². The van der Waals surface area contributed by atoms with E-state index in [9.17, 15) is 4.79 Å². The molecule has 2 heterocycles. The molecule has 0 unspecified atom stereocenters. The van der Waals surface area contributed by atoms with Crippen LogP contribution in [0, 0.1) is 0 Å². The third-order valence-corrected chi connectivity index (χ3v) is 2.81. The van der Waals surface area contributed by atoms with Crippen molar-refractivity contribution in [3.8, 4) is 0 Å². The van der Waals surface area contributed by atoms with Crippen molar-refractivity contribution in [2.75, 3.05) is 19.0 Å². The molecule has 56 valence electrons. The quantitative estimate of drug-likeness (QED) is 0.528. The number of hydrazine groups is 1. The molecule has 2 saturated heterocycles. The van der Waals surface area contributed by atoms with Gasteiger partial charge in [0.05, 0.1) is 5.88 Å². The number of fused-ring (bicyclic) bond motifs is 1. The van der Waals surface area contributed by atoms with Crippen molar-refractivity contribution < 1.29 is 4.79 Å². The van der Waals surface area contributed by atoms with Crippen LogP contribution in [-0.4, -0.2) is 34.2 Å². The molecule has 0 aliphatic carbocycles. The predicted molar refractivity (Wildman–Crippen MR) is 40.5 cm³/mol. The first-order valence-corrected chi connectivity index (χ1v) is 4.55. The van der Waals surface area contributed by atoms with Gasteiger partial charge >= 0.3 is 0 Å². The molecule has 0 bridgehead atoms. The first kappa shape index (κ1) is 6.49. The Morgan fingerprint density at radius 1 is 1.30 bits per heavy atom. The summed E-state index contributed by atoms with van der Waals surface area (Å²) in [5.74, 6) is 0.874. The Morgan fingerprint density at radius 3 is 2.90 bits per heavy atom. The van der Waals surface area contributed by atoms with Crippen LogP contribution in [0.5, 0.6) is 0 Å². The summed E-state index contributed by atoms with van der Waals surface area (Å²) in [5, 5.41) is 4.24. The molecule has 2 aliphatic rings. The van der Waals surface area contributed by atoms with Crippen LogP contribution in [0.4, 0.5) is 4.79 Å². The van der Waals surface area contributed by atoms with Crippen LogP contribution in [0.1, 0.15) is 12.8 Å². The predicted octanol–water partition coefficient (Wildman–Crippen LogP) is 1.12. The van der Waals surface area contributed by atoms with Crippen molar-refractivity contribution in [3.63, 3.8) is 0 Å². The van der Waals surface area contributed by atoms with E-state index in [1.54, 1.807) is 0 Å². The number of amides is 1. The lowest BCUT2D eigenvalue weighted by Crippen LogP contribution is -2.43. The topological polar surface area (TPSA) is 23.6 Å². The summed E-state index contributed by atoms with van der Waals surface area (Å²) in [7, 11) is 0. The van der Waals surface area contributed by atoms with Crippen molar-refractivity contribution >= 4 is 17.0 Å². The highest BCUT2D eigenvalue weighted by Gasteiger charge is 2.30. The molecule has 2 rings (SSSR count). The van der Waals surface area contributed by atoms with Crippen LogP contribution in [0.15, 0.2) is 0 Å². The summed E-state index contributed by atoms with van der Waals surface area (Å²) < 4.78 is 0. The highest BCUT2D eigenvalue weighted by atomic mass is 32.2. The molecule has 2 fully saturated rings. The van der Waals surface area contributed by atoms with Crippen molar-refractivity contribution in [2.24, 2.45) is 0 Å². The van der Waals surface area contributed by atoms with Crippen LogP contribution in [0.2, 0.25) is 0 Å². The molecule has 1 amide bonds. The maximum Gasteiger partial charge on any atom is 0.297 e. The minimum absolute atomic E-state index is 0.236. The lowest BCUT2D eigenvalue weighted by atomic mass is 10.2. The first-order valence-electron chi connectivity index (χ1n) is 3.57. The molecular weight excluding hydrogens is 148 g/mol. The van der Waals surface area contributed by atoms with Gasteiger partial charge in [-0.05, 0) is 24.6 Å². The minimum Gasteiger partial charge on any atom is -0.265 e. The summed E-state index contributed by atoms with van der Waals surface area (Å²) in [6, 6.07) is 0. The van der Waals surface area contributed by atoms with Gasteiger partial charge in [0, 0.05) is 13.1 Å². The standard InChI is InChI=1S/C6H10N2OS/c9-6-8-4-2-1-3-7(8)5-10-6/h1-5H2. The zero-order valence-electron chi connectivity index (χ0n) is 5.75. The van der Waals surface area contributed by atoms with E-state index in [0.29, 0.717) is 0 Å². The number of hydrogen-bond donors (Lipinski definition) is 0. The van der Waals surface area contributed by atoms with Crippen LogP contribution >= 0.6 is 11.8 Å². The lowest BCUT2D eigenvalue weighted by Gasteiger charge is -2.30. The summed E-state index contributed by atoms with van der Waals surface area (Å²) in [4.78, 5) is 11.1. The van der Waals surface area contributed by atoms with Crippen molar-refractivity contribution in [3.05, 3.63) is 0 Å². The Labute approximate surface area is 64.3 Å². The van der Waals surface area contributed by atoms with Gasteiger partial charge in [0.15, 0.2) is 0 Å². The molecule has 0 aromatic rings. The Balaban J connectivity index is 2.08. The number of nitrogens with zero attached hydrogens (tertiary/aromatic N) is 2. The fourth-order valence-corrected chi connectivity index (χ4v) is 2.25. The molecule has 0 aromatic carbocycles. The van der Waals surface area contributed by atoms with Crippen molar-refractivity contribution in [2.45, 2.75) is 12.8 Å². The number of rotatable bonds is 0. The van der Waals surface area contributed by atoms with Crippen molar-refractivity contribution in [1.82, 2.24) is 10.0 Å². The fourth-order valence-electron chi connectivity index (χ4n) is 1.36. The lowest BCUT2D eigenvalue weighted by molar-refractivity contribution is 0.0280. The van der Waals surface area contributed by atoms with E-state index in [2.05, 4.69) is 5.01 Å². The van der Waals surface area contributed by atoms with Gasteiger partial charge in [-0.15, -0.1) is 0 Å². The zero-order chi connectivity index (χ0) is 6.97. The monoisotopic (exact) mass is 158 g/mol. The second-order valence-corrected chi connectivity index (χ2v) is 3.50. The van der Waals surface area contributed by atoms with Crippen molar-refractivity contribution in [1.29, 1.82) is 0 Å². The number of hydrogen-bond acceptors (Lipinski definition) is 3. The van der Waals surface area contributed by atoms with Gasteiger partial charge in [0.1, 0.15) is 0 Å². The van der Waals surface area contributed by atoms with Crippen LogP contribution in [0.3, 0.4) is 0 Å². The molecule has 0 atom stereocenters. The minimum atomic E-state index is 0.236. The molecule has 2 aliphatic heterocycles. The van der Waals surface area contributed by atoms with Gasteiger partial charge in [-0.1, -0.05) is 0 Å². The number of thioether (sulfide) groups is 1. The number of carbonyl (C=O) groups is 1. The second-order valence-electron chi connectivity index (χ2n) is 2.60. The Hall–Kier alpha value is -0.220. The third-order valence-electron chi connectivity index (χ3n) is 1.93. The first-order chi connectivity index (χ1) is 4.88. The largest absolute Gasteiger partial charge is 0.297 e. The number of carbonyl (C=O) groups excluding carboxylic acids is 1. The van der Waals surface area contributed by atoms with E-state index in [1.165, 1.54) is 24.6 Å². The summed E-state index contributed by atoms with van der Waals surface area (Å²) >= 11 is 1.42. The smallest absolute Gasteiger partial charge is 0.265 e. The molecule has 0 spiro atoms. The van der Waals surface area contributed by atoms with Crippen LogP contribution < -0.4 is 0 Å². The molecule has 3 nitrogen and oxygen atoms in total. The molecule has 0 saturated carbocycles. The molecule has 4 heteroatoms. The summed E-state index contributed by atoms with van der Waals surface area (Å²) in [6.45, 7) is 2.00. The van der Waals surface area contributed by atoms with Crippen LogP contribution in [-0.2, 0) is 0 Å². The molecule has 0 aromatic heterocycles. The fraction of sp³-hybridized carbons (Fsp3) is 0.833. The summed E-state index contributed by atoms with van der Waals surface area (Å²) in [6.07, 6.45) is 2.41. The van der Waals surface area contributed by atoms with Gasteiger partial charge in [0.25, 0.3) is 5.24 Å². The third kappa shape index (κ3) is 0.914. The van der Waals surface area contributed by atoms with Gasteiger partial charge in [-0.25, -0.2) is 5.01 Å². The van der Waals surface area contributed by atoms with E-state index in [4.69, 9.17) is 0 Å². The molecule has 0 N–H and O–H groups in total. The van der Waals surface area contributed by atoms with E-state index < -0.39 is 0 Å². The highest BCUT2D eigenvalue weighted by Crippen LogP contribution is 2.25. The normalized spacial score (nSPS) is 27.2. The summed E-state index contributed by atoms with van der Waals surface area (Å²) in [5.41, 5.74) is 0. The highest BCUT2D eigenvalue weighted by molar-refractivity contribution is 8.13. The SMILES string of the molecule is O=C1SCN2CCCCN12. The van der Waals surface area contributed by atoms with Crippen LogP contribution in [0.25, 0.3) is 0 Å². The Kier molecular flexibility index (Phi) is 1.58. The average Bonchev–Trinajstić information content (AvgIpc) is 2.34. The molecular formula is C6H10N2OS. The second kappa shape index (κ2) is 2.43. The average molecular weight is 158 g/mol. The molecule has 0 radical (unpaired) electrons. The maximum absolute atomic E-state index is 11.1. The molecule has 10 heavy (non-hydrogen) atoms. The Bertz CT molecular complexity index is 162. The van der Waals surface area contributed by atoms with Gasteiger partial charge < -0.3 is 0 Å². The van der Waals surface area contributed by atoms with E-state index in [0.717, 1.165) is 19.0 Å². The Morgan fingerprint density at radius 2 is 2.10 bits per heavy atom. The maximum atomic E-state index is 11.1. The van der Waals surface area contributed by atoms with E-state index in [-0.39, 0.29) is 5.24 Å². The van der Waals surface area contributed by atoms with Gasteiger partial charge in [0.2, 0.25) is 0 Å².